The van der Waals surface area contributed by atoms with Crippen LogP contribution in [0.1, 0.15) is 32.1 Å². The summed E-state index contributed by atoms with van der Waals surface area (Å²) in [6.07, 6.45) is 0. The van der Waals surface area contributed by atoms with E-state index in [0.717, 1.165) is 5.69 Å². The number of hydrogen-bond acceptors (Lipinski definition) is 4. The normalized spacial score (nSPS) is 13.8. The van der Waals surface area contributed by atoms with Gasteiger partial charge in [-0.2, -0.15) is 0 Å². The molecule has 1 aromatic carbocycles. The number of carbonyl (C=O) groups excluding carboxylic acids is 2. The van der Waals surface area contributed by atoms with Gasteiger partial charge in [-0.25, -0.2) is 0 Å². The van der Waals surface area contributed by atoms with Gasteiger partial charge in [-0.1, -0.05) is 6.07 Å². The number of imide groups is 1. The topological polar surface area (TPSA) is 76.3 Å². The van der Waals surface area contributed by atoms with Crippen molar-refractivity contribution in [2.45, 2.75) is 13.5 Å². The van der Waals surface area contributed by atoms with Crippen LogP contribution in [0.2, 0.25) is 0 Å². The van der Waals surface area contributed by atoms with Gasteiger partial charge in [-0.15, -0.1) is 0 Å². The molecule has 2 heterocycles. The molecule has 0 atom stereocenters. The third-order valence-corrected chi connectivity index (χ3v) is 3.26. The number of nitrogens with two attached hydrogens (primary N) is 1. The Bertz CT molecular complexity index is 725. The highest BCUT2D eigenvalue weighted by molar-refractivity contribution is 6.21. The molecule has 5 nitrogen and oxygen atoms in total. The molecule has 0 unspecified atom stereocenters. The van der Waals surface area contributed by atoms with Gasteiger partial charge in [0.1, 0.15) is 0 Å². The molecule has 20 heavy (non-hydrogen) atoms. The minimum Gasteiger partial charge on any atom is -0.399 e. The van der Waals surface area contributed by atoms with Gasteiger partial charge in [0.2, 0.25) is 0 Å². The molecule has 3 rings (SSSR count). The summed E-state index contributed by atoms with van der Waals surface area (Å²) < 4.78 is 0. The maximum atomic E-state index is 12.3. The van der Waals surface area contributed by atoms with Crippen molar-refractivity contribution in [3.63, 3.8) is 0 Å². The van der Waals surface area contributed by atoms with Crippen molar-refractivity contribution in [2.24, 2.45) is 0 Å². The van der Waals surface area contributed by atoms with Gasteiger partial charge in [-0.3, -0.25) is 19.5 Å². The van der Waals surface area contributed by atoms with Gasteiger partial charge in [-0.05, 0) is 37.3 Å². The van der Waals surface area contributed by atoms with Crippen LogP contribution in [0.3, 0.4) is 0 Å². The van der Waals surface area contributed by atoms with Gasteiger partial charge < -0.3 is 5.73 Å². The fourth-order valence-electron chi connectivity index (χ4n) is 2.30. The van der Waals surface area contributed by atoms with Crippen molar-refractivity contribution in [3.8, 4) is 0 Å². The maximum Gasteiger partial charge on any atom is 0.261 e. The van der Waals surface area contributed by atoms with Gasteiger partial charge in [0.05, 0.1) is 23.4 Å². The molecule has 2 N–H and O–H groups in total. The lowest BCUT2D eigenvalue weighted by Crippen LogP contribution is -2.29. The fourth-order valence-corrected chi connectivity index (χ4v) is 2.30. The second-order valence-electron chi connectivity index (χ2n) is 4.77. The minimum absolute atomic E-state index is 0.175. The molecule has 5 heteroatoms. The summed E-state index contributed by atoms with van der Waals surface area (Å²) in [6, 6.07) is 10.3. The molecular formula is C15H13N3O2. The summed E-state index contributed by atoms with van der Waals surface area (Å²) in [4.78, 5) is 30.0. The SMILES string of the molecule is Cc1cccc(CN2C(=O)c3ccc(N)cc3C2=O)n1. The number of amides is 2. The maximum absolute atomic E-state index is 12.3. The standard InChI is InChI=1S/C15H13N3O2/c1-9-3-2-4-11(17-9)8-18-14(19)12-6-5-10(16)7-13(12)15(18)20/h2-7H,8,16H2,1H3. The van der Waals surface area contributed by atoms with Crippen LogP contribution >= 0.6 is 0 Å². The zero-order chi connectivity index (χ0) is 14.3. The number of pyridine rings is 1. The molecule has 1 aliphatic rings. The van der Waals surface area contributed by atoms with Crippen LogP contribution in [0.25, 0.3) is 0 Å². The van der Waals surface area contributed by atoms with E-state index in [9.17, 15) is 9.59 Å². The predicted octanol–water partition coefficient (Wildman–Crippen LogP) is 1.77. The van der Waals surface area contributed by atoms with Crippen molar-refractivity contribution in [2.75, 3.05) is 5.73 Å². The second kappa shape index (κ2) is 4.45. The Balaban J connectivity index is 1.94. The Morgan fingerprint density at radius 3 is 2.60 bits per heavy atom. The van der Waals surface area contributed by atoms with E-state index in [1.165, 1.54) is 4.90 Å². The number of nitrogen functional groups attached to an aromatic ring is 1. The number of rotatable bonds is 2. The highest BCUT2D eigenvalue weighted by atomic mass is 16.2. The van der Waals surface area contributed by atoms with Gasteiger partial charge >= 0.3 is 0 Å². The molecule has 1 aromatic heterocycles. The van der Waals surface area contributed by atoms with E-state index in [1.54, 1.807) is 24.3 Å². The largest absolute Gasteiger partial charge is 0.399 e. The first-order valence-electron chi connectivity index (χ1n) is 6.24. The Morgan fingerprint density at radius 2 is 1.85 bits per heavy atom. The number of aromatic nitrogens is 1. The highest BCUT2D eigenvalue weighted by Gasteiger charge is 2.35. The van der Waals surface area contributed by atoms with Gasteiger partial charge in [0.25, 0.3) is 11.8 Å². The zero-order valence-corrected chi connectivity index (χ0v) is 11.0. The molecule has 0 aliphatic carbocycles. The molecule has 0 fully saturated rings. The molecule has 0 spiro atoms. The zero-order valence-electron chi connectivity index (χ0n) is 11.0. The van der Waals surface area contributed by atoms with Crippen molar-refractivity contribution in [1.82, 2.24) is 9.88 Å². The third-order valence-electron chi connectivity index (χ3n) is 3.26. The molecule has 2 amide bonds. The van der Waals surface area contributed by atoms with Crippen LogP contribution in [-0.2, 0) is 6.54 Å². The number of anilines is 1. The van der Waals surface area contributed by atoms with Gasteiger partial charge in [0.15, 0.2) is 0 Å². The predicted molar refractivity (Wildman–Crippen MR) is 74.0 cm³/mol. The lowest BCUT2D eigenvalue weighted by molar-refractivity contribution is 0.0640. The number of aryl methyl sites for hydroxylation is 1. The Hall–Kier alpha value is -2.69. The summed E-state index contributed by atoms with van der Waals surface area (Å²) in [6.45, 7) is 2.04. The number of nitrogens with zero attached hydrogens (tertiary/aromatic N) is 2. The van der Waals surface area contributed by atoms with Gasteiger partial charge in [0, 0.05) is 11.4 Å². The van der Waals surface area contributed by atoms with E-state index in [0.29, 0.717) is 22.5 Å². The van der Waals surface area contributed by atoms with Crippen LogP contribution in [0.4, 0.5) is 5.69 Å². The first-order valence-corrected chi connectivity index (χ1v) is 6.24. The molecule has 100 valence electrons. The minimum atomic E-state index is -0.319. The summed E-state index contributed by atoms with van der Waals surface area (Å²) in [5.41, 5.74) is 8.44. The average molecular weight is 267 g/mol. The van der Waals surface area contributed by atoms with E-state index in [2.05, 4.69) is 4.98 Å². The third kappa shape index (κ3) is 1.93. The van der Waals surface area contributed by atoms with Crippen molar-refractivity contribution >= 4 is 17.5 Å². The number of hydrogen-bond donors (Lipinski definition) is 1. The van der Waals surface area contributed by atoms with Crippen molar-refractivity contribution < 1.29 is 9.59 Å². The van der Waals surface area contributed by atoms with E-state index in [-0.39, 0.29) is 18.4 Å². The number of benzene rings is 1. The molecule has 0 radical (unpaired) electrons. The molecular weight excluding hydrogens is 254 g/mol. The molecule has 0 bridgehead atoms. The fraction of sp³-hybridized carbons (Fsp3) is 0.133. The molecule has 0 saturated heterocycles. The first-order chi connectivity index (χ1) is 9.56. The van der Waals surface area contributed by atoms with E-state index < -0.39 is 0 Å². The van der Waals surface area contributed by atoms with Crippen LogP contribution in [0, 0.1) is 6.92 Å². The van der Waals surface area contributed by atoms with Crippen molar-refractivity contribution in [1.29, 1.82) is 0 Å². The summed E-state index contributed by atoms with van der Waals surface area (Å²) in [7, 11) is 0. The Morgan fingerprint density at radius 1 is 1.10 bits per heavy atom. The van der Waals surface area contributed by atoms with E-state index >= 15 is 0 Å². The van der Waals surface area contributed by atoms with Crippen LogP contribution in [-0.4, -0.2) is 21.7 Å². The quantitative estimate of drug-likeness (QED) is 0.664. The summed E-state index contributed by atoms with van der Waals surface area (Å²) in [5.74, 6) is -0.617. The van der Waals surface area contributed by atoms with Crippen molar-refractivity contribution in [3.05, 3.63) is 58.9 Å². The second-order valence-corrected chi connectivity index (χ2v) is 4.77. The van der Waals surface area contributed by atoms with Crippen LogP contribution < -0.4 is 5.73 Å². The van der Waals surface area contributed by atoms with E-state index in [4.69, 9.17) is 5.73 Å². The van der Waals surface area contributed by atoms with E-state index in [1.807, 2.05) is 19.1 Å². The molecule has 0 saturated carbocycles. The van der Waals surface area contributed by atoms with Crippen LogP contribution in [0.5, 0.6) is 0 Å². The monoisotopic (exact) mass is 267 g/mol. The number of fused-ring (bicyclic) bond motifs is 1. The lowest BCUT2D eigenvalue weighted by atomic mass is 10.1. The molecule has 1 aliphatic heterocycles. The molecule has 2 aromatic rings. The Kier molecular flexibility index (Phi) is 2.75. The van der Waals surface area contributed by atoms with Crippen LogP contribution in [0.15, 0.2) is 36.4 Å². The lowest BCUT2D eigenvalue weighted by Gasteiger charge is -2.13. The smallest absolute Gasteiger partial charge is 0.261 e. The summed E-state index contributed by atoms with van der Waals surface area (Å²) in [5, 5.41) is 0. The average Bonchev–Trinajstić information content (AvgIpc) is 2.64. The highest BCUT2D eigenvalue weighted by Crippen LogP contribution is 2.25. The summed E-state index contributed by atoms with van der Waals surface area (Å²) >= 11 is 0. The number of carbonyl (C=O) groups is 2. The first kappa shape index (κ1) is 12.3. The Labute approximate surface area is 116 Å².